The Bertz CT molecular complexity index is 916. The second kappa shape index (κ2) is 8.68. The lowest BCUT2D eigenvalue weighted by Crippen LogP contribution is -2.16. The third-order valence-electron chi connectivity index (χ3n) is 4.91. The van der Waals surface area contributed by atoms with E-state index in [2.05, 4.69) is 20.0 Å². The zero-order valence-corrected chi connectivity index (χ0v) is 17.1. The van der Waals surface area contributed by atoms with Crippen molar-refractivity contribution in [1.82, 2.24) is 9.97 Å². The molecule has 0 aliphatic heterocycles. The van der Waals surface area contributed by atoms with Crippen LogP contribution in [0.3, 0.4) is 0 Å². The largest absolute Gasteiger partial charge is 0.326 e. The van der Waals surface area contributed by atoms with E-state index in [9.17, 15) is 13.2 Å². The number of rotatable bonds is 7. The maximum Gasteiger partial charge on any atom is 0.264 e. The van der Waals surface area contributed by atoms with Crippen LogP contribution in [0.5, 0.6) is 0 Å². The van der Waals surface area contributed by atoms with Crippen LogP contribution in [0.2, 0.25) is 0 Å². The minimum absolute atomic E-state index is 0.0377. The molecule has 1 amide bonds. The van der Waals surface area contributed by atoms with Crippen LogP contribution >= 0.6 is 0 Å². The van der Waals surface area contributed by atoms with Crippen LogP contribution in [0, 0.1) is 19.8 Å². The Morgan fingerprint density at radius 2 is 1.68 bits per heavy atom. The van der Waals surface area contributed by atoms with Crippen molar-refractivity contribution in [2.45, 2.75) is 57.3 Å². The number of anilines is 2. The fraction of sp³-hybridized carbons (Fsp3) is 0.450. The second-order valence-electron chi connectivity index (χ2n) is 7.34. The van der Waals surface area contributed by atoms with Crippen molar-refractivity contribution in [3.8, 4) is 0 Å². The Kier molecular flexibility index (Phi) is 6.28. The molecule has 0 radical (unpaired) electrons. The third kappa shape index (κ3) is 5.51. The Labute approximate surface area is 166 Å². The van der Waals surface area contributed by atoms with Gasteiger partial charge in [-0.2, -0.15) is 0 Å². The first-order valence-electron chi connectivity index (χ1n) is 9.57. The predicted molar refractivity (Wildman–Crippen MR) is 109 cm³/mol. The molecule has 1 saturated carbocycles. The molecule has 28 heavy (non-hydrogen) atoms. The molecular formula is C20H26N4O3S. The number of carbonyl (C=O) groups excluding carboxylic acids is 1. The molecule has 8 heteroatoms. The number of sulfonamides is 1. The van der Waals surface area contributed by atoms with Crippen molar-refractivity contribution in [2.75, 3.05) is 10.0 Å². The van der Waals surface area contributed by atoms with E-state index in [4.69, 9.17) is 0 Å². The van der Waals surface area contributed by atoms with Crippen molar-refractivity contribution >= 4 is 27.6 Å². The lowest BCUT2D eigenvalue weighted by atomic mass is 10.0. The van der Waals surface area contributed by atoms with Crippen LogP contribution in [0.1, 0.15) is 49.9 Å². The van der Waals surface area contributed by atoms with Crippen molar-refractivity contribution in [3.63, 3.8) is 0 Å². The zero-order valence-electron chi connectivity index (χ0n) is 16.2. The molecule has 1 aliphatic carbocycles. The van der Waals surface area contributed by atoms with Crippen molar-refractivity contribution in [1.29, 1.82) is 0 Å². The first-order chi connectivity index (χ1) is 13.3. The minimum atomic E-state index is -3.80. The van der Waals surface area contributed by atoms with Crippen LogP contribution in [-0.4, -0.2) is 24.3 Å². The summed E-state index contributed by atoms with van der Waals surface area (Å²) in [5.41, 5.74) is 1.94. The smallest absolute Gasteiger partial charge is 0.264 e. The second-order valence-corrected chi connectivity index (χ2v) is 9.02. The molecule has 0 spiro atoms. The van der Waals surface area contributed by atoms with E-state index in [0.717, 1.165) is 6.42 Å². The summed E-state index contributed by atoms with van der Waals surface area (Å²) < 4.78 is 27.4. The van der Waals surface area contributed by atoms with Crippen molar-refractivity contribution in [2.24, 2.45) is 5.92 Å². The van der Waals surface area contributed by atoms with Gasteiger partial charge in [-0.25, -0.2) is 23.1 Å². The summed E-state index contributed by atoms with van der Waals surface area (Å²) in [5, 5.41) is 2.83. The van der Waals surface area contributed by atoms with Crippen molar-refractivity contribution < 1.29 is 13.2 Å². The number of benzene rings is 1. The maximum atomic E-state index is 12.5. The van der Waals surface area contributed by atoms with Crippen molar-refractivity contribution in [3.05, 3.63) is 41.7 Å². The number of aromatic nitrogens is 2. The van der Waals surface area contributed by atoms with Gasteiger partial charge in [0, 0.05) is 23.5 Å². The zero-order chi connectivity index (χ0) is 20.1. The summed E-state index contributed by atoms with van der Waals surface area (Å²) in [5.74, 6) is 0.669. The molecule has 0 unspecified atom stereocenters. The fourth-order valence-electron chi connectivity index (χ4n) is 3.53. The molecule has 0 bridgehead atoms. The van der Waals surface area contributed by atoms with E-state index < -0.39 is 10.0 Å². The third-order valence-corrected chi connectivity index (χ3v) is 6.25. The number of aryl methyl sites for hydroxylation is 2. The van der Waals surface area contributed by atoms with Gasteiger partial charge in [-0.15, -0.1) is 0 Å². The molecule has 2 aromatic rings. The molecule has 2 N–H and O–H groups in total. The normalized spacial score (nSPS) is 14.8. The average Bonchev–Trinajstić information content (AvgIpc) is 3.13. The molecule has 1 aromatic heterocycles. The van der Waals surface area contributed by atoms with E-state index >= 15 is 0 Å². The van der Waals surface area contributed by atoms with Crippen LogP contribution in [0.4, 0.5) is 11.6 Å². The van der Waals surface area contributed by atoms with Gasteiger partial charge in [-0.05, 0) is 56.5 Å². The summed E-state index contributed by atoms with van der Waals surface area (Å²) in [7, 11) is -3.80. The SMILES string of the molecule is Cc1cc(C)nc(NS(=O)(=O)c2ccc(NC(=O)CCC3CCCC3)cc2)n1. The fourth-order valence-corrected chi connectivity index (χ4v) is 4.47. The van der Waals surface area contributed by atoms with Gasteiger partial charge in [-0.1, -0.05) is 25.7 Å². The van der Waals surface area contributed by atoms with Crippen LogP contribution in [0.25, 0.3) is 0 Å². The van der Waals surface area contributed by atoms with Gasteiger partial charge >= 0.3 is 0 Å². The van der Waals surface area contributed by atoms with Gasteiger partial charge in [0.2, 0.25) is 11.9 Å². The number of nitrogens with zero attached hydrogens (tertiary/aromatic N) is 2. The molecule has 1 aromatic carbocycles. The number of hydrogen-bond donors (Lipinski definition) is 2. The maximum absolute atomic E-state index is 12.5. The van der Waals surface area contributed by atoms with E-state index in [1.54, 1.807) is 32.0 Å². The molecule has 7 nitrogen and oxygen atoms in total. The topological polar surface area (TPSA) is 101 Å². The highest BCUT2D eigenvalue weighted by Crippen LogP contribution is 2.28. The highest BCUT2D eigenvalue weighted by atomic mass is 32.2. The van der Waals surface area contributed by atoms with Gasteiger partial charge in [0.25, 0.3) is 10.0 Å². The van der Waals surface area contributed by atoms with Crippen LogP contribution in [-0.2, 0) is 14.8 Å². The number of hydrogen-bond acceptors (Lipinski definition) is 5. The van der Waals surface area contributed by atoms with E-state index in [1.165, 1.54) is 37.8 Å². The Morgan fingerprint density at radius 3 is 2.29 bits per heavy atom. The molecule has 1 fully saturated rings. The number of carbonyl (C=O) groups is 1. The highest BCUT2D eigenvalue weighted by molar-refractivity contribution is 7.92. The van der Waals surface area contributed by atoms with Gasteiger partial charge < -0.3 is 5.32 Å². The Hall–Kier alpha value is -2.48. The van der Waals surface area contributed by atoms with E-state index in [-0.39, 0.29) is 16.8 Å². The molecule has 0 saturated heterocycles. The summed E-state index contributed by atoms with van der Waals surface area (Å²) in [4.78, 5) is 20.4. The number of amides is 1. The molecule has 1 heterocycles. The summed E-state index contributed by atoms with van der Waals surface area (Å²) in [6.07, 6.45) is 6.38. The van der Waals surface area contributed by atoms with Gasteiger partial charge in [-0.3, -0.25) is 4.79 Å². The Morgan fingerprint density at radius 1 is 1.07 bits per heavy atom. The predicted octanol–water partition coefficient (Wildman–Crippen LogP) is 3.80. The lowest BCUT2D eigenvalue weighted by molar-refractivity contribution is -0.116. The quantitative estimate of drug-likeness (QED) is 0.733. The van der Waals surface area contributed by atoms with E-state index in [1.807, 2.05) is 0 Å². The summed E-state index contributed by atoms with van der Waals surface area (Å²) >= 11 is 0. The number of nitrogens with one attached hydrogen (secondary N) is 2. The molecule has 3 rings (SSSR count). The monoisotopic (exact) mass is 402 g/mol. The lowest BCUT2D eigenvalue weighted by Gasteiger charge is -2.10. The first kappa shape index (κ1) is 20.3. The van der Waals surface area contributed by atoms with Crippen LogP contribution in [0.15, 0.2) is 35.2 Å². The summed E-state index contributed by atoms with van der Waals surface area (Å²) in [6, 6.07) is 7.85. The molecule has 150 valence electrons. The molecule has 1 aliphatic rings. The average molecular weight is 403 g/mol. The van der Waals surface area contributed by atoms with Gasteiger partial charge in [0.1, 0.15) is 0 Å². The highest BCUT2D eigenvalue weighted by Gasteiger charge is 2.18. The standard InChI is InChI=1S/C20H26N4O3S/c1-14-13-15(2)22-20(21-14)24-28(26,27)18-10-8-17(9-11-18)23-19(25)12-7-16-5-3-4-6-16/h8-11,13,16H,3-7,12H2,1-2H3,(H,23,25)(H,21,22,24). The molecular weight excluding hydrogens is 376 g/mol. The summed E-state index contributed by atoms with van der Waals surface area (Å²) in [6.45, 7) is 3.55. The van der Waals surface area contributed by atoms with Gasteiger partial charge in [0.05, 0.1) is 4.90 Å². The Balaban J connectivity index is 1.60. The molecule has 0 atom stereocenters. The first-order valence-corrected chi connectivity index (χ1v) is 11.1. The van der Waals surface area contributed by atoms with Crippen LogP contribution < -0.4 is 10.0 Å². The van der Waals surface area contributed by atoms with Gasteiger partial charge in [0.15, 0.2) is 0 Å². The van der Waals surface area contributed by atoms with E-state index in [0.29, 0.717) is 29.4 Å². The minimum Gasteiger partial charge on any atom is -0.326 e.